The second kappa shape index (κ2) is 6.54. The first-order valence-corrected chi connectivity index (χ1v) is 6.06. The summed E-state index contributed by atoms with van der Waals surface area (Å²) in [5.74, 6) is 0.819. The Balaban J connectivity index is 1.92. The topological polar surface area (TPSA) is 54.7 Å². The van der Waals surface area contributed by atoms with E-state index >= 15 is 0 Å². The van der Waals surface area contributed by atoms with E-state index in [9.17, 15) is 0 Å². The number of aromatic nitrogens is 1. The van der Waals surface area contributed by atoms with Gasteiger partial charge in [0.15, 0.2) is 0 Å². The predicted molar refractivity (Wildman–Crippen MR) is 73.6 cm³/mol. The molecular formula is C15H16N2O2. The van der Waals surface area contributed by atoms with Crippen LogP contribution in [0.25, 0.3) is 0 Å². The molecule has 19 heavy (non-hydrogen) atoms. The van der Waals surface area contributed by atoms with Crippen molar-refractivity contribution >= 4 is 5.71 Å². The Morgan fingerprint density at radius 3 is 2.42 bits per heavy atom. The molecule has 1 heterocycles. The predicted octanol–water partition coefficient (Wildman–Crippen LogP) is 3.05. The SMILES string of the molecule is C/C(Cc1ccc(OCc2ccncc2)cc1)=N/O. The van der Waals surface area contributed by atoms with Gasteiger partial charge in [0.1, 0.15) is 12.4 Å². The van der Waals surface area contributed by atoms with Crippen molar-refractivity contribution in [3.05, 3.63) is 59.9 Å². The molecule has 0 saturated heterocycles. The Morgan fingerprint density at radius 2 is 1.79 bits per heavy atom. The lowest BCUT2D eigenvalue weighted by Gasteiger charge is -2.07. The average molecular weight is 256 g/mol. The van der Waals surface area contributed by atoms with Crippen molar-refractivity contribution in [2.75, 3.05) is 0 Å². The standard InChI is InChI=1S/C15H16N2O2/c1-12(17-18)10-13-2-4-15(5-3-13)19-11-14-6-8-16-9-7-14/h2-9,18H,10-11H2,1H3/b17-12-. The maximum absolute atomic E-state index is 8.62. The molecule has 0 radical (unpaired) electrons. The van der Waals surface area contributed by atoms with Gasteiger partial charge in [-0.2, -0.15) is 0 Å². The number of nitrogens with zero attached hydrogens (tertiary/aromatic N) is 2. The zero-order valence-corrected chi connectivity index (χ0v) is 10.8. The normalized spacial score (nSPS) is 11.3. The first kappa shape index (κ1) is 13.1. The van der Waals surface area contributed by atoms with Crippen molar-refractivity contribution in [1.29, 1.82) is 0 Å². The summed E-state index contributed by atoms with van der Waals surface area (Å²) in [6, 6.07) is 11.6. The number of oxime groups is 1. The first-order chi connectivity index (χ1) is 9.28. The summed E-state index contributed by atoms with van der Waals surface area (Å²) >= 11 is 0. The number of hydrogen-bond acceptors (Lipinski definition) is 4. The van der Waals surface area contributed by atoms with Gasteiger partial charge in [0, 0.05) is 18.8 Å². The van der Waals surface area contributed by atoms with E-state index < -0.39 is 0 Å². The molecule has 0 saturated carbocycles. The van der Waals surface area contributed by atoms with E-state index in [1.54, 1.807) is 19.3 Å². The fourth-order valence-electron chi connectivity index (χ4n) is 1.68. The van der Waals surface area contributed by atoms with E-state index in [0.717, 1.165) is 16.9 Å². The molecule has 2 aromatic rings. The van der Waals surface area contributed by atoms with Crippen LogP contribution in [0, 0.1) is 0 Å². The quantitative estimate of drug-likeness (QED) is 0.508. The molecule has 1 N–H and O–H groups in total. The summed E-state index contributed by atoms with van der Waals surface area (Å²) < 4.78 is 5.67. The molecule has 0 aliphatic carbocycles. The minimum Gasteiger partial charge on any atom is -0.489 e. The Morgan fingerprint density at radius 1 is 1.11 bits per heavy atom. The summed E-state index contributed by atoms with van der Waals surface area (Å²) in [7, 11) is 0. The Bertz CT molecular complexity index is 536. The third-order valence-electron chi connectivity index (χ3n) is 2.71. The molecule has 0 unspecified atom stereocenters. The van der Waals surface area contributed by atoms with Gasteiger partial charge in [0.2, 0.25) is 0 Å². The first-order valence-electron chi connectivity index (χ1n) is 6.06. The molecule has 1 aromatic heterocycles. The lowest BCUT2D eigenvalue weighted by atomic mass is 10.1. The number of hydrogen-bond donors (Lipinski definition) is 1. The van der Waals surface area contributed by atoms with Gasteiger partial charge in [-0.15, -0.1) is 0 Å². The second-order valence-corrected chi connectivity index (χ2v) is 4.30. The summed E-state index contributed by atoms with van der Waals surface area (Å²) in [5.41, 5.74) is 2.86. The highest BCUT2D eigenvalue weighted by molar-refractivity contribution is 5.83. The molecular weight excluding hydrogens is 240 g/mol. The molecule has 0 aliphatic rings. The van der Waals surface area contributed by atoms with Gasteiger partial charge in [-0.1, -0.05) is 17.3 Å². The lowest BCUT2D eigenvalue weighted by molar-refractivity contribution is 0.306. The van der Waals surface area contributed by atoms with Gasteiger partial charge in [-0.3, -0.25) is 4.98 Å². The number of pyridine rings is 1. The Hall–Kier alpha value is -2.36. The van der Waals surface area contributed by atoms with Gasteiger partial charge in [0.05, 0.1) is 5.71 Å². The van der Waals surface area contributed by atoms with Crippen molar-refractivity contribution < 1.29 is 9.94 Å². The molecule has 0 aliphatic heterocycles. The lowest BCUT2D eigenvalue weighted by Crippen LogP contribution is -1.98. The van der Waals surface area contributed by atoms with E-state index in [0.29, 0.717) is 18.7 Å². The van der Waals surface area contributed by atoms with Crippen molar-refractivity contribution in [3.8, 4) is 5.75 Å². The van der Waals surface area contributed by atoms with Crippen LogP contribution in [0.5, 0.6) is 5.75 Å². The van der Waals surface area contributed by atoms with Crippen LogP contribution in [-0.4, -0.2) is 15.9 Å². The molecule has 98 valence electrons. The molecule has 0 bridgehead atoms. The molecule has 0 fully saturated rings. The van der Waals surface area contributed by atoms with Gasteiger partial charge in [-0.05, 0) is 42.3 Å². The van der Waals surface area contributed by atoms with Gasteiger partial charge >= 0.3 is 0 Å². The van der Waals surface area contributed by atoms with Crippen LogP contribution >= 0.6 is 0 Å². The van der Waals surface area contributed by atoms with Crippen LogP contribution in [0.1, 0.15) is 18.1 Å². The zero-order valence-electron chi connectivity index (χ0n) is 10.8. The van der Waals surface area contributed by atoms with E-state index in [1.165, 1.54) is 0 Å². The zero-order chi connectivity index (χ0) is 13.5. The number of ether oxygens (including phenoxy) is 1. The Kier molecular flexibility index (Phi) is 4.50. The molecule has 4 heteroatoms. The van der Waals surface area contributed by atoms with Crippen LogP contribution in [0.3, 0.4) is 0 Å². The number of benzene rings is 1. The van der Waals surface area contributed by atoms with E-state index in [-0.39, 0.29) is 0 Å². The van der Waals surface area contributed by atoms with E-state index in [4.69, 9.17) is 9.94 Å². The maximum atomic E-state index is 8.62. The summed E-state index contributed by atoms with van der Waals surface area (Å²) in [4.78, 5) is 3.96. The van der Waals surface area contributed by atoms with Crippen molar-refractivity contribution in [3.63, 3.8) is 0 Å². The molecule has 0 atom stereocenters. The Labute approximate surface area is 112 Å². The largest absolute Gasteiger partial charge is 0.489 e. The molecule has 4 nitrogen and oxygen atoms in total. The van der Waals surface area contributed by atoms with Crippen molar-refractivity contribution in [2.45, 2.75) is 20.0 Å². The van der Waals surface area contributed by atoms with Gasteiger partial charge in [0.25, 0.3) is 0 Å². The average Bonchev–Trinajstić information content (AvgIpc) is 2.47. The minimum atomic E-state index is 0.527. The fraction of sp³-hybridized carbons (Fsp3) is 0.200. The number of rotatable bonds is 5. The van der Waals surface area contributed by atoms with E-state index in [1.807, 2.05) is 36.4 Å². The monoisotopic (exact) mass is 256 g/mol. The second-order valence-electron chi connectivity index (χ2n) is 4.30. The molecule has 1 aromatic carbocycles. The third kappa shape index (κ3) is 4.10. The van der Waals surface area contributed by atoms with Gasteiger partial charge in [-0.25, -0.2) is 0 Å². The van der Waals surface area contributed by atoms with Crippen LogP contribution in [0.2, 0.25) is 0 Å². The summed E-state index contributed by atoms with van der Waals surface area (Å²) in [5, 5.41) is 11.8. The highest BCUT2D eigenvalue weighted by atomic mass is 16.5. The van der Waals surface area contributed by atoms with Crippen LogP contribution in [0.15, 0.2) is 53.9 Å². The van der Waals surface area contributed by atoms with Crippen molar-refractivity contribution in [2.24, 2.45) is 5.16 Å². The van der Waals surface area contributed by atoms with Crippen LogP contribution in [-0.2, 0) is 13.0 Å². The fourth-order valence-corrected chi connectivity index (χ4v) is 1.68. The van der Waals surface area contributed by atoms with Crippen LogP contribution in [0.4, 0.5) is 0 Å². The molecule has 0 amide bonds. The van der Waals surface area contributed by atoms with Gasteiger partial charge < -0.3 is 9.94 Å². The summed E-state index contributed by atoms with van der Waals surface area (Å²) in [6.45, 7) is 2.31. The van der Waals surface area contributed by atoms with E-state index in [2.05, 4.69) is 10.1 Å². The van der Waals surface area contributed by atoms with Crippen molar-refractivity contribution in [1.82, 2.24) is 4.98 Å². The third-order valence-corrected chi connectivity index (χ3v) is 2.71. The smallest absolute Gasteiger partial charge is 0.119 e. The van der Waals surface area contributed by atoms with Crippen LogP contribution < -0.4 is 4.74 Å². The molecule has 0 spiro atoms. The highest BCUT2D eigenvalue weighted by Gasteiger charge is 1.99. The molecule has 2 rings (SSSR count). The minimum absolute atomic E-state index is 0.527. The highest BCUT2D eigenvalue weighted by Crippen LogP contribution is 2.14. The summed E-state index contributed by atoms with van der Waals surface area (Å²) in [6.07, 6.45) is 4.14. The maximum Gasteiger partial charge on any atom is 0.119 e.